The summed E-state index contributed by atoms with van der Waals surface area (Å²) in [6.45, 7) is 4.45. The first-order valence-corrected chi connectivity index (χ1v) is 5.17. The molecule has 1 atom stereocenters. The van der Waals surface area contributed by atoms with E-state index in [0.29, 0.717) is 18.1 Å². The van der Waals surface area contributed by atoms with E-state index in [9.17, 15) is 5.11 Å². The second kappa shape index (κ2) is 5.23. The fourth-order valence-corrected chi connectivity index (χ4v) is 1.50. The second-order valence-electron chi connectivity index (χ2n) is 3.04. The van der Waals surface area contributed by atoms with Crippen molar-refractivity contribution in [2.24, 2.45) is 0 Å². The van der Waals surface area contributed by atoms with Crippen molar-refractivity contribution >= 4 is 11.6 Å². The van der Waals surface area contributed by atoms with Crippen LogP contribution in [0.1, 0.15) is 31.9 Å². The Morgan fingerprint density at radius 3 is 2.71 bits per heavy atom. The molecule has 1 aromatic carbocycles. The zero-order valence-corrected chi connectivity index (χ0v) is 9.21. The van der Waals surface area contributed by atoms with Gasteiger partial charge in [0.25, 0.3) is 0 Å². The maximum atomic E-state index is 9.66. The first-order valence-electron chi connectivity index (χ1n) is 4.79. The largest absolute Gasteiger partial charge is 0.494 e. The van der Waals surface area contributed by atoms with Gasteiger partial charge >= 0.3 is 0 Å². The number of aliphatic hydroxyl groups is 1. The molecule has 1 aromatic rings. The summed E-state index contributed by atoms with van der Waals surface area (Å²) in [5, 5.41) is 10.2. The van der Waals surface area contributed by atoms with E-state index in [1.165, 1.54) is 0 Å². The lowest BCUT2D eigenvalue weighted by Gasteiger charge is -2.12. The minimum atomic E-state index is -0.511. The van der Waals surface area contributed by atoms with Crippen LogP contribution in [0, 0.1) is 0 Å². The quantitative estimate of drug-likeness (QED) is 0.834. The predicted octanol–water partition coefficient (Wildman–Crippen LogP) is 3.18. The molecule has 0 aliphatic carbocycles. The van der Waals surface area contributed by atoms with Crippen LogP contribution in [0.25, 0.3) is 0 Å². The molecule has 1 N–H and O–H groups in total. The fraction of sp³-hybridized carbons (Fsp3) is 0.455. The molecule has 0 radical (unpaired) electrons. The molecule has 0 spiro atoms. The summed E-state index contributed by atoms with van der Waals surface area (Å²) in [4.78, 5) is 0. The van der Waals surface area contributed by atoms with Crippen molar-refractivity contribution in [1.82, 2.24) is 0 Å². The molecule has 1 rings (SSSR count). The molecule has 0 heterocycles. The van der Waals surface area contributed by atoms with E-state index in [1.54, 1.807) is 18.2 Å². The lowest BCUT2D eigenvalue weighted by Crippen LogP contribution is -1.98. The lowest BCUT2D eigenvalue weighted by atomic mass is 10.1. The number of halogens is 1. The summed E-state index contributed by atoms with van der Waals surface area (Å²) < 4.78 is 5.33. The van der Waals surface area contributed by atoms with Crippen LogP contribution in [-0.2, 0) is 0 Å². The van der Waals surface area contributed by atoms with Gasteiger partial charge in [0.2, 0.25) is 0 Å². The van der Waals surface area contributed by atoms with Gasteiger partial charge in [-0.05, 0) is 31.5 Å². The molecular formula is C11H15ClO2. The molecule has 0 aromatic heterocycles. The fourth-order valence-electron chi connectivity index (χ4n) is 1.25. The van der Waals surface area contributed by atoms with E-state index in [0.717, 1.165) is 11.3 Å². The highest BCUT2D eigenvalue weighted by atomic mass is 35.5. The number of aliphatic hydroxyl groups excluding tert-OH is 1. The average molecular weight is 215 g/mol. The Kier molecular flexibility index (Phi) is 4.23. The van der Waals surface area contributed by atoms with E-state index < -0.39 is 6.10 Å². The van der Waals surface area contributed by atoms with Crippen LogP contribution in [0.5, 0.6) is 5.75 Å². The van der Waals surface area contributed by atoms with Gasteiger partial charge in [-0.25, -0.2) is 0 Å². The van der Waals surface area contributed by atoms with E-state index in [1.807, 2.05) is 13.8 Å². The highest BCUT2D eigenvalue weighted by Gasteiger charge is 2.10. The van der Waals surface area contributed by atoms with Crippen LogP contribution < -0.4 is 4.74 Å². The molecule has 1 unspecified atom stereocenters. The minimum absolute atomic E-state index is 0.511. The molecule has 0 aliphatic heterocycles. The Hall–Kier alpha value is -0.730. The van der Waals surface area contributed by atoms with E-state index in [-0.39, 0.29) is 0 Å². The van der Waals surface area contributed by atoms with E-state index >= 15 is 0 Å². The van der Waals surface area contributed by atoms with E-state index in [4.69, 9.17) is 16.3 Å². The Morgan fingerprint density at radius 1 is 1.43 bits per heavy atom. The molecule has 3 heteroatoms. The van der Waals surface area contributed by atoms with Crippen molar-refractivity contribution in [1.29, 1.82) is 0 Å². The number of benzene rings is 1. The van der Waals surface area contributed by atoms with Crippen molar-refractivity contribution in [3.8, 4) is 5.75 Å². The molecule has 0 bridgehead atoms. The van der Waals surface area contributed by atoms with Gasteiger partial charge in [-0.3, -0.25) is 0 Å². The molecule has 0 saturated heterocycles. The molecule has 0 saturated carbocycles. The smallest absolute Gasteiger partial charge is 0.119 e. The molecule has 78 valence electrons. The van der Waals surface area contributed by atoms with Crippen molar-refractivity contribution < 1.29 is 9.84 Å². The molecule has 14 heavy (non-hydrogen) atoms. The third-order valence-electron chi connectivity index (χ3n) is 2.02. The van der Waals surface area contributed by atoms with Crippen molar-refractivity contribution in [2.45, 2.75) is 26.4 Å². The minimum Gasteiger partial charge on any atom is -0.494 e. The molecular weight excluding hydrogens is 200 g/mol. The number of ether oxygens (including phenoxy) is 1. The molecule has 0 aliphatic rings. The first-order chi connectivity index (χ1) is 6.69. The topological polar surface area (TPSA) is 29.5 Å². The normalized spacial score (nSPS) is 12.6. The van der Waals surface area contributed by atoms with Crippen LogP contribution in [0.4, 0.5) is 0 Å². The van der Waals surface area contributed by atoms with Gasteiger partial charge in [-0.15, -0.1) is 0 Å². The first kappa shape index (κ1) is 11.3. The van der Waals surface area contributed by atoms with E-state index in [2.05, 4.69) is 0 Å². The highest BCUT2D eigenvalue weighted by Crippen LogP contribution is 2.28. The monoisotopic (exact) mass is 214 g/mol. The number of hydrogen-bond acceptors (Lipinski definition) is 2. The summed E-state index contributed by atoms with van der Waals surface area (Å²) in [5.41, 5.74) is 0.736. The number of rotatable bonds is 4. The van der Waals surface area contributed by atoms with Crippen LogP contribution in [-0.4, -0.2) is 11.7 Å². The Morgan fingerprint density at radius 2 is 2.14 bits per heavy atom. The summed E-state index contributed by atoms with van der Waals surface area (Å²) in [6, 6.07) is 5.35. The number of hydrogen-bond donors (Lipinski definition) is 1. The summed E-state index contributed by atoms with van der Waals surface area (Å²) in [6.07, 6.45) is 0.137. The second-order valence-corrected chi connectivity index (χ2v) is 3.45. The maximum absolute atomic E-state index is 9.66. The van der Waals surface area contributed by atoms with Gasteiger partial charge in [-0.2, -0.15) is 0 Å². The van der Waals surface area contributed by atoms with Crippen LogP contribution >= 0.6 is 11.6 Å². The predicted molar refractivity (Wildman–Crippen MR) is 57.9 cm³/mol. The van der Waals surface area contributed by atoms with Gasteiger partial charge in [0.05, 0.1) is 12.7 Å². The van der Waals surface area contributed by atoms with Gasteiger partial charge in [0.1, 0.15) is 5.75 Å². The zero-order chi connectivity index (χ0) is 10.6. The van der Waals surface area contributed by atoms with Crippen LogP contribution in [0.3, 0.4) is 0 Å². The van der Waals surface area contributed by atoms with Crippen molar-refractivity contribution in [3.63, 3.8) is 0 Å². The van der Waals surface area contributed by atoms with Gasteiger partial charge in [0.15, 0.2) is 0 Å². The average Bonchev–Trinajstić information content (AvgIpc) is 2.20. The summed E-state index contributed by atoms with van der Waals surface area (Å²) in [5.74, 6) is 0.749. The Balaban J connectivity index is 2.95. The lowest BCUT2D eigenvalue weighted by molar-refractivity contribution is 0.173. The summed E-state index contributed by atoms with van der Waals surface area (Å²) >= 11 is 5.95. The maximum Gasteiger partial charge on any atom is 0.119 e. The third kappa shape index (κ3) is 2.63. The molecule has 2 nitrogen and oxygen atoms in total. The van der Waals surface area contributed by atoms with Gasteiger partial charge in [0, 0.05) is 10.6 Å². The third-order valence-corrected chi connectivity index (χ3v) is 2.37. The van der Waals surface area contributed by atoms with Crippen LogP contribution in [0.2, 0.25) is 5.02 Å². The molecule has 0 amide bonds. The Bertz CT molecular complexity index is 299. The highest BCUT2D eigenvalue weighted by molar-refractivity contribution is 6.31. The zero-order valence-electron chi connectivity index (χ0n) is 8.46. The Labute approximate surface area is 89.5 Å². The standard InChI is InChI=1S/C11H15ClO2/c1-3-11(13)9-7-8(14-4-2)5-6-10(9)12/h5-7,11,13H,3-4H2,1-2H3. The molecule has 0 fully saturated rings. The van der Waals surface area contributed by atoms with Crippen molar-refractivity contribution in [2.75, 3.05) is 6.61 Å². The van der Waals surface area contributed by atoms with Crippen molar-refractivity contribution in [3.05, 3.63) is 28.8 Å². The SMILES string of the molecule is CCOc1ccc(Cl)c(C(O)CC)c1. The van der Waals surface area contributed by atoms with Gasteiger partial charge < -0.3 is 9.84 Å². The van der Waals surface area contributed by atoms with Crippen LogP contribution in [0.15, 0.2) is 18.2 Å². The van der Waals surface area contributed by atoms with Gasteiger partial charge in [-0.1, -0.05) is 18.5 Å². The summed E-state index contributed by atoms with van der Waals surface area (Å²) in [7, 11) is 0.